The highest BCUT2D eigenvalue weighted by Gasteiger charge is 1.94. The van der Waals surface area contributed by atoms with E-state index >= 15 is 0 Å². The van der Waals surface area contributed by atoms with E-state index in [2.05, 4.69) is 0 Å². The van der Waals surface area contributed by atoms with Crippen LogP contribution in [0.25, 0.3) is 0 Å². The second-order valence-electron chi connectivity index (χ2n) is 1.01. The Hall–Kier alpha value is -0.200. The van der Waals surface area contributed by atoms with Crippen LogP contribution in [0, 0.1) is 10.7 Å². The molecule has 3 heteroatoms. The van der Waals surface area contributed by atoms with E-state index in [-0.39, 0.29) is 5.44 Å². The molecule has 1 unspecified atom stereocenters. The first-order valence-electron chi connectivity index (χ1n) is 1.88. The van der Waals surface area contributed by atoms with Gasteiger partial charge in [-0.2, -0.15) is 5.26 Å². The van der Waals surface area contributed by atoms with Crippen LogP contribution in [-0.4, -0.2) is 12.5 Å². The van der Waals surface area contributed by atoms with Crippen LogP contribution in [0.3, 0.4) is 0 Å². The van der Waals surface area contributed by atoms with Gasteiger partial charge in [-0.1, -0.05) is 0 Å². The third-order valence-corrected chi connectivity index (χ3v) is 1.18. The molecular weight excluding hydrogens is 110 g/mol. The topological polar surface area (TPSA) is 33.0 Å². The van der Waals surface area contributed by atoms with Gasteiger partial charge in [-0.25, -0.2) is 0 Å². The maximum atomic E-state index is 8.00. The summed E-state index contributed by atoms with van der Waals surface area (Å²) in [5, 5.41) is 9.91. The summed E-state index contributed by atoms with van der Waals surface area (Å²) >= 11 is 1.11. The van der Waals surface area contributed by atoms with Crippen LogP contribution in [0.15, 0.2) is 0 Å². The van der Waals surface area contributed by atoms with Crippen molar-refractivity contribution in [1.82, 2.24) is 0 Å². The zero-order valence-electron chi connectivity index (χ0n) is 4.34. The Kier molecular flexibility index (Phi) is 3.86. The molecule has 0 aliphatic carbocycles. The molecule has 1 atom stereocenters. The molecule has 0 rings (SSSR count). The standard InChI is InChI=1S/C4H7NOS/c1-4(6-2)7-3-5/h4H,1-2H3. The summed E-state index contributed by atoms with van der Waals surface area (Å²) in [6, 6.07) is 0. The van der Waals surface area contributed by atoms with E-state index in [9.17, 15) is 0 Å². The quantitative estimate of drug-likeness (QED) is 0.402. The predicted octanol–water partition coefficient (Wildman–Crippen LogP) is 1.19. The van der Waals surface area contributed by atoms with E-state index in [0.29, 0.717) is 0 Å². The fraction of sp³-hybridized carbons (Fsp3) is 0.750. The fourth-order valence-electron chi connectivity index (χ4n) is 0.122. The number of thioether (sulfide) groups is 1. The lowest BCUT2D eigenvalue weighted by atomic mass is 10.9. The first-order chi connectivity index (χ1) is 3.31. The van der Waals surface area contributed by atoms with E-state index in [1.54, 1.807) is 7.11 Å². The van der Waals surface area contributed by atoms with Crippen molar-refractivity contribution >= 4 is 11.8 Å². The van der Waals surface area contributed by atoms with Gasteiger partial charge in [0.05, 0.1) is 0 Å². The Morgan fingerprint density at radius 1 is 1.86 bits per heavy atom. The van der Waals surface area contributed by atoms with Crippen molar-refractivity contribution in [1.29, 1.82) is 5.26 Å². The van der Waals surface area contributed by atoms with E-state index in [1.165, 1.54) is 0 Å². The van der Waals surface area contributed by atoms with E-state index < -0.39 is 0 Å². The van der Waals surface area contributed by atoms with E-state index in [1.807, 2.05) is 12.3 Å². The van der Waals surface area contributed by atoms with Gasteiger partial charge in [-0.15, -0.1) is 0 Å². The average molecular weight is 117 g/mol. The Morgan fingerprint density at radius 3 is 2.57 bits per heavy atom. The minimum absolute atomic E-state index is 0.00463. The number of hydrogen-bond acceptors (Lipinski definition) is 3. The fourth-order valence-corrected chi connectivity index (χ4v) is 0.367. The number of rotatable bonds is 2. The summed E-state index contributed by atoms with van der Waals surface area (Å²) in [7, 11) is 1.58. The molecule has 0 aromatic heterocycles. The van der Waals surface area contributed by atoms with Crippen molar-refractivity contribution in [3.8, 4) is 5.40 Å². The number of thiocyanates is 1. The molecule has 0 radical (unpaired) electrons. The van der Waals surface area contributed by atoms with Crippen molar-refractivity contribution < 1.29 is 4.74 Å². The van der Waals surface area contributed by atoms with Crippen LogP contribution >= 0.6 is 11.8 Å². The molecule has 0 fully saturated rings. The highest BCUT2D eigenvalue weighted by atomic mass is 32.2. The van der Waals surface area contributed by atoms with Gasteiger partial charge < -0.3 is 4.74 Å². The predicted molar refractivity (Wildman–Crippen MR) is 29.7 cm³/mol. The minimum atomic E-state index is 0.00463. The van der Waals surface area contributed by atoms with Gasteiger partial charge in [0, 0.05) is 7.11 Å². The second kappa shape index (κ2) is 3.97. The van der Waals surface area contributed by atoms with Crippen LogP contribution in [0.2, 0.25) is 0 Å². The number of hydrogen-bond donors (Lipinski definition) is 0. The van der Waals surface area contributed by atoms with Gasteiger partial charge in [-0.3, -0.25) is 0 Å². The Morgan fingerprint density at radius 2 is 2.43 bits per heavy atom. The van der Waals surface area contributed by atoms with Crippen LogP contribution in [-0.2, 0) is 4.74 Å². The summed E-state index contributed by atoms with van der Waals surface area (Å²) in [5.41, 5.74) is 0.00463. The maximum Gasteiger partial charge on any atom is 0.136 e. The largest absolute Gasteiger partial charge is 0.370 e. The van der Waals surface area contributed by atoms with Crippen molar-refractivity contribution in [2.45, 2.75) is 12.4 Å². The molecule has 0 saturated carbocycles. The summed E-state index contributed by atoms with van der Waals surface area (Å²) < 4.78 is 4.73. The monoisotopic (exact) mass is 117 g/mol. The zero-order valence-corrected chi connectivity index (χ0v) is 5.16. The van der Waals surface area contributed by atoms with Crippen LogP contribution in [0.4, 0.5) is 0 Å². The summed E-state index contributed by atoms with van der Waals surface area (Å²) in [6.45, 7) is 1.83. The lowest BCUT2D eigenvalue weighted by Crippen LogP contribution is -1.94. The van der Waals surface area contributed by atoms with Gasteiger partial charge in [0.15, 0.2) is 0 Å². The normalized spacial score (nSPS) is 12.7. The molecule has 0 amide bonds. The van der Waals surface area contributed by atoms with Crippen molar-refractivity contribution in [2.24, 2.45) is 0 Å². The van der Waals surface area contributed by atoms with Crippen molar-refractivity contribution in [3.63, 3.8) is 0 Å². The van der Waals surface area contributed by atoms with Crippen LogP contribution < -0.4 is 0 Å². The van der Waals surface area contributed by atoms with E-state index in [0.717, 1.165) is 11.8 Å². The third-order valence-electron chi connectivity index (χ3n) is 0.551. The summed E-state index contributed by atoms with van der Waals surface area (Å²) in [5.74, 6) is 0. The first kappa shape index (κ1) is 6.80. The number of methoxy groups -OCH3 is 1. The molecule has 0 saturated heterocycles. The van der Waals surface area contributed by atoms with E-state index in [4.69, 9.17) is 10.00 Å². The van der Waals surface area contributed by atoms with Gasteiger partial charge >= 0.3 is 0 Å². The molecule has 0 aliphatic rings. The smallest absolute Gasteiger partial charge is 0.136 e. The SMILES string of the molecule is COC(C)SC#N. The summed E-state index contributed by atoms with van der Waals surface area (Å²) in [4.78, 5) is 0. The van der Waals surface area contributed by atoms with Gasteiger partial charge in [-0.05, 0) is 18.7 Å². The van der Waals surface area contributed by atoms with Crippen molar-refractivity contribution in [3.05, 3.63) is 0 Å². The van der Waals surface area contributed by atoms with Crippen molar-refractivity contribution in [2.75, 3.05) is 7.11 Å². The molecule has 0 aromatic rings. The lowest BCUT2D eigenvalue weighted by Gasteiger charge is -1.98. The zero-order chi connectivity index (χ0) is 5.70. The molecule has 0 bridgehead atoms. The number of nitrogens with zero attached hydrogens (tertiary/aromatic N) is 1. The molecule has 0 aromatic carbocycles. The minimum Gasteiger partial charge on any atom is -0.370 e. The average Bonchev–Trinajstić information content (AvgIpc) is 1.68. The molecule has 0 spiro atoms. The number of nitriles is 1. The Balaban J connectivity index is 3.03. The van der Waals surface area contributed by atoms with Crippen LogP contribution in [0.1, 0.15) is 6.92 Å². The Bertz CT molecular complexity index is 78.2. The maximum absolute atomic E-state index is 8.00. The molecule has 0 N–H and O–H groups in total. The highest BCUT2D eigenvalue weighted by molar-refractivity contribution is 8.04. The van der Waals surface area contributed by atoms with Gasteiger partial charge in [0.25, 0.3) is 0 Å². The molecule has 40 valence electrons. The molecule has 7 heavy (non-hydrogen) atoms. The number of ether oxygens (including phenoxy) is 1. The lowest BCUT2D eigenvalue weighted by molar-refractivity contribution is 0.188. The van der Waals surface area contributed by atoms with Gasteiger partial charge in [0.1, 0.15) is 10.8 Å². The Labute approximate surface area is 47.5 Å². The van der Waals surface area contributed by atoms with Crippen LogP contribution in [0.5, 0.6) is 0 Å². The molecule has 0 heterocycles. The highest BCUT2D eigenvalue weighted by Crippen LogP contribution is 2.06. The molecular formula is C4H7NOS. The molecule has 0 aliphatic heterocycles. The molecule has 2 nitrogen and oxygen atoms in total. The summed E-state index contributed by atoms with van der Waals surface area (Å²) in [6.07, 6.45) is 0. The first-order valence-corrected chi connectivity index (χ1v) is 2.76. The third kappa shape index (κ3) is 3.64. The second-order valence-corrected chi connectivity index (χ2v) is 2.09. The van der Waals surface area contributed by atoms with Gasteiger partial charge in [0.2, 0.25) is 0 Å².